The van der Waals surface area contributed by atoms with Crippen molar-refractivity contribution in [2.75, 3.05) is 5.75 Å². The number of para-hydroxylation sites is 1. The van der Waals surface area contributed by atoms with Crippen LogP contribution in [-0.4, -0.2) is 21.4 Å². The summed E-state index contributed by atoms with van der Waals surface area (Å²) in [5, 5.41) is 7.53. The molecule has 0 aliphatic carbocycles. The molecule has 128 valence electrons. The van der Waals surface area contributed by atoms with E-state index >= 15 is 0 Å². The zero-order valence-electron chi connectivity index (χ0n) is 14.3. The van der Waals surface area contributed by atoms with Gasteiger partial charge in [0, 0.05) is 16.2 Å². The number of nitrogens with zero attached hydrogens (tertiary/aromatic N) is 2. The van der Waals surface area contributed by atoms with Gasteiger partial charge in [-0.3, -0.25) is 4.79 Å². The summed E-state index contributed by atoms with van der Waals surface area (Å²) >= 11 is 1.54. The number of nitrogens with one attached hydrogen (secondary N) is 1. The molecule has 2 aromatic carbocycles. The summed E-state index contributed by atoms with van der Waals surface area (Å²) in [6.45, 7) is 4.02. The first-order valence-electron chi connectivity index (χ1n) is 8.22. The fraction of sp³-hybridized carbons (Fsp3) is 0.200. The lowest BCUT2D eigenvalue weighted by atomic mass is 10.1. The lowest BCUT2D eigenvalue weighted by molar-refractivity contribution is -0.119. The topological polar surface area (TPSA) is 46.9 Å². The molecule has 5 heteroatoms. The van der Waals surface area contributed by atoms with Gasteiger partial charge in [-0.15, -0.1) is 11.8 Å². The Balaban J connectivity index is 1.62. The van der Waals surface area contributed by atoms with E-state index in [1.54, 1.807) is 0 Å². The average molecular weight is 351 g/mol. The van der Waals surface area contributed by atoms with Gasteiger partial charge in [-0.1, -0.05) is 36.4 Å². The highest BCUT2D eigenvalue weighted by atomic mass is 32.2. The summed E-state index contributed by atoms with van der Waals surface area (Å²) < 4.78 is 1.90. The van der Waals surface area contributed by atoms with Crippen molar-refractivity contribution in [3.8, 4) is 5.69 Å². The standard InChI is InChI=1S/C20H21N3OS/c1-15(22-20(24)14-25-18-11-7-4-8-12-18)19-13-21-23(16(19)2)17-9-5-3-6-10-17/h3-13,15H,14H2,1-2H3,(H,22,24). The first kappa shape index (κ1) is 17.3. The van der Waals surface area contributed by atoms with Crippen LogP contribution in [0.1, 0.15) is 24.2 Å². The van der Waals surface area contributed by atoms with Crippen LogP contribution in [0.25, 0.3) is 5.69 Å². The summed E-state index contributed by atoms with van der Waals surface area (Å²) in [4.78, 5) is 13.3. The molecule has 3 rings (SSSR count). The van der Waals surface area contributed by atoms with Gasteiger partial charge < -0.3 is 5.32 Å². The van der Waals surface area contributed by atoms with Crippen LogP contribution < -0.4 is 5.32 Å². The predicted molar refractivity (Wildman–Crippen MR) is 102 cm³/mol. The van der Waals surface area contributed by atoms with Gasteiger partial charge in [0.15, 0.2) is 0 Å². The summed E-state index contributed by atoms with van der Waals surface area (Å²) in [5.74, 6) is 0.424. The Labute approximate surface area is 152 Å². The maximum Gasteiger partial charge on any atom is 0.230 e. The van der Waals surface area contributed by atoms with Crippen molar-refractivity contribution in [1.82, 2.24) is 15.1 Å². The van der Waals surface area contributed by atoms with E-state index in [1.165, 1.54) is 11.8 Å². The van der Waals surface area contributed by atoms with Gasteiger partial charge in [-0.25, -0.2) is 4.68 Å². The van der Waals surface area contributed by atoms with E-state index in [0.717, 1.165) is 21.8 Å². The van der Waals surface area contributed by atoms with Crippen molar-refractivity contribution in [3.63, 3.8) is 0 Å². The minimum atomic E-state index is -0.0821. The number of carbonyl (C=O) groups is 1. The molecular weight excluding hydrogens is 330 g/mol. The predicted octanol–water partition coefficient (Wildman–Crippen LogP) is 4.15. The molecule has 0 saturated heterocycles. The largest absolute Gasteiger partial charge is 0.349 e. The molecule has 0 fully saturated rings. The number of thioether (sulfide) groups is 1. The first-order chi connectivity index (χ1) is 12.1. The number of hydrogen-bond donors (Lipinski definition) is 1. The minimum absolute atomic E-state index is 0.0215. The Morgan fingerprint density at radius 3 is 2.44 bits per heavy atom. The van der Waals surface area contributed by atoms with Gasteiger partial charge in [-0.2, -0.15) is 5.10 Å². The third kappa shape index (κ3) is 4.31. The average Bonchev–Trinajstić information content (AvgIpc) is 3.03. The Morgan fingerprint density at radius 2 is 1.76 bits per heavy atom. The molecule has 1 N–H and O–H groups in total. The highest BCUT2D eigenvalue weighted by Crippen LogP contribution is 2.21. The van der Waals surface area contributed by atoms with Crippen LogP contribution >= 0.6 is 11.8 Å². The van der Waals surface area contributed by atoms with Crippen LogP contribution in [0.2, 0.25) is 0 Å². The van der Waals surface area contributed by atoms with Crippen LogP contribution in [0.4, 0.5) is 0 Å². The van der Waals surface area contributed by atoms with E-state index < -0.39 is 0 Å². The van der Waals surface area contributed by atoms with Gasteiger partial charge in [0.1, 0.15) is 0 Å². The smallest absolute Gasteiger partial charge is 0.230 e. The van der Waals surface area contributed by atoms with Crippen LogP contribution in [0, 0.1) is 6.92 Å². The Hall–Kier alpha value is -2.53. The second-order valence-corrected chi connectivity index (χ2v) is 6.87. The van der Waals surface area contributed by atoms with Crippen molar-refractivity contribution >= 4 is 17.7 Å². The zero-order valence-corrected chi connectivity index (χ0v) is 15.2. The van der Waals surface area contributed by atoms with Crippen molar-refractivity contribution in [2.24, 2.45) is 0 Å². The second kappa shape index (κ2) is 8.03. The molecule has 0 radical (unpaired) electrons. The maximum absolute atomic E-state index is 12.2. The third-order valence-corrected chi connectivity index (χ3v) is 5.02. The highest BCUT2D eigenvalue weighted by molar-refractivity contribution is 8.00. The zero-order chi connectivity index (χ0) is 17.6. The molecular formula is C20H21N3OS. The summed E-state index contributed by atoms with van der Waals surface area (Å²) in [6.07, 6.45) is 1.83. The Morgan fingerprint density at radius 1 is 1.12 bits per heavy atom. The van der Waals surface area contributed by atoms with Gasteiger partial charge in [0.2, 0.25) is 5.91 Å². The SMILES string of the molecule is Cc1c(C(C)NC(=O)CSc2ccccc2)cnn1-c1ccccc1. The molecule has 25 heavy (non-hydrogen) atoms. The minimum Gasteiger partial charge on any atom is -0.349 e. The van der Waals surface area contributed by atoms with Crippen molar-refractivity contribution in [2.45, 2.75) is 24.8 Å². The summed E-state index contributed by atoms with van der Waals surface area (Å²) in [5.41, 5.74) is 3.08. The molecule has 1 heterocycles. The molecule has 1 aromatic heterocycles. The fourth-order valence-electron chi connectivity index (χ4n) is 2.70. The quantitative estimate of drug-likeness (QED) is 0.679. The molecule has 0 aliphatic rings. The van der Waals surface area contributed by atoms with E-state index in [9.17, 15) is 4.79 Å². The molecule has 0 bridgehead atoms. The number of hydrogen-bond acceptors (Lipinski definition) is 3. The second-order valence-electron chi connectivity index (χ2n) is 5.82. The number of carbonyl (C=O) groups excluding carboxylic acids is 1. The van der Waals surface area contributed by atoms with Crippen molar-refractivity contribution in [1.29, 1.82) is 0 Å². The molecule has 0 aliphatic heterocycles. The number of aromatic nitrogens is 2. The molecule has 1 unspecified atom stereocenters. The summed E-state index contributed by atoms with van der Waals surface area (Å²) in [7, 11) is 0. The Bertz CT molecular complexity index is 831. The number of amides is 1. The lowest BCUT2D eigenvalue weighted by Crippen LogP contribution is -2.28. The molecule has 0 saturated carbocycles. The van der Waals surface area contributed by atoms with Crippen LogP contribution in [0.5, 0.6) is 0 Å². The van der Waals surface area contributed by atoms with E-state index in [2.05, 4.69) is 10.4 Å². The highest BCUT2D eigenvalue weighted by Gasteiger charge is 2.16. The Kier molecular flexibility index (Phi) is 5.56. The van der Waals surface area contributed by atoms with E-state index in [4.69, 9.17) is 0 Å². The van der Waals surface area contributed by atoms with E-state index in [-0.39, 0.29) is 11.9 Å². The third-order valence-electron chi connectivity index (χ3n) is 4.01. The van der Waals surface area contributed by atoms with Gasteiger partial charge in [0.25, 0.3) is 0 Å². The van der Waals surface area contributed by atoms with E-state index in [0.29, 0.717) is 5.75 Å². The van der Waals surface area contributed by atoms with Gasteiger partial charge >= 0.3 is 0 Å². The molecule has 1 atom stereocenters. The molecule has 0 spiro atoms. The van der Waals surface area contributed by atoms with Crippen LogP contribution in [0.3, 0.4) is 0 Å². The van der Waals surface area contributed by atoms with Crippen molar-refractivity contribution in [3.05, 3.63) is 78.1 Å². The molecule has 3 aromatic rings. The monoisotopic (exact) mass is 351 g/mol. The summed E-state index contributed by atoms with van der Waals surface area (Å²) in [6, 6.07) is 19.9. The maximum atomic E-state index is 12.2. The first-order valence-corrected chi connectivity index (χ1v) is 9.21. The van der Waals surface area contributed by atoms with Crippen LogP contribution in [-0.2, 0) is 4.79 Å². The van der Waals surface area contributed by atoms with E-state index in [1.807, 2.05) is 85.4 Å². The number of benzene rings is 2. The normalized spacial score (nSPS) is 11.9. The van der Waals surface area contributed by atoms with Gasteiger partial charge in [0.05, 0.1) is 23.7 Å². The molecule has 4 nitrogen and oxygen atoms in total. The van der Waals surface area contributed by atoms with Crippen LogP contribution in [0.15, 0.2) is 71.8 Å². The molecule has 1 amide bonds. The fourth-order valence-corrected chi connectivity index (χ4v) is 3.43. The van der Waals surface area contributed by atoms with Gasteiger partial charge in [-0.05, 0) is 38.1 Å². The lowest BCUT2D eigenvalue weighted by Gasteiger charge is -2.14. The number of rotatable bonds is 6. The van der Waals surface area contributed by atoms with Crippen molar-refractivity contribution < 1.29 is 4.79 Å².